The quantitative estimate of drug-likeness (QED) is 0.646. The smallest absolute Gasteiger partial charge is 0.303 e. The summed E-state index contributed by atoms with van der Waals surface area (Å²) in [6.07, 6.45) is 5.94. The normalized spacial score (nSPS) is 14.0. The van der Waals surface area contributed by atoms with Crippen LogP contribution in [0.25, 0.3) is 0 Å². The Hall–Kier alpha value is -1.31. The SMILES string of the molecule is CCCCCC(C)C(CCC(=O)O)c1ccccc1. The molecule has 1 rings (SSSR count). The van der Waals surface area contributed by atoms with Gasteiger partial charge in [0.1, 0.15) is 0 Å². The van der Waals surface area contributed by atoms with Gasteiger partial charge in [-0.2, -0.15) is 0 Å². The minimum Gasteiger partial charge on any atom is -0.481 e. The van der Waals surface area contributed by atoms with Crippen LogP contribution in [-0.2, 0) is 4.79 Å². The van der Waals surface area contributed by atoms with Crippen molar-refractivity contribution in [3.05, 3.63) is 35.9 Å². The number of aliphatic carboxylic acids is 1. The molecule has 106 valence electrons. The van der Waals surface area contributed by atoms with Crippen molar-refractivity contribution >= 4 is 5.97 Å². The minimum atomic E-state index is -0.693. The van der Waals surface area contributed by atoms with Crippen LogP contribution in [0.4, 0.5) is 0 Å². The summed E-state index contributed by atoms with van der Waals surface area (Å²) < 4.78 is 0. The van der Waals surface area contributed by atoms with Gasteiger partial charge < -0.3 is 5.11 Å². The lowest BCUT2D eigenvalue weighted by Crippen LogP contribution is -2.12. The Balaban J connectivity index is 2.65. The first-order valence-electron chi connectivity index (χ1n) is 7.41. The summed E-state index contributed by atoms with van der Waals surface area (Å²) in [7, 11) is 0. The summed E-state index contributed by atoms with van der Waals surface area (Å²) in [6, 6.07) is 10.4. The van der Waals surface area contributed by atoms with Crippen molar-refractivity contribution in [2.45, 2.75) is 58.3 Å². The first kappa shape index (κ1) is 15.7. The lowest BCUT2D eigenvalue weighted by molar-refractivity contribution is -0.137. The predicted octanol–water partition coefficient (Wildman–Crippen LogP) is 4.85. The Labute approximate surface area is 116 Å². The second-order valence-electron chi connectivity index (χ2n) is 5.42. The summed E-state index contributed by atoms with van der Waals surface area (Å²) in [4.78, 5) is 10.8. The molecule has 0 heterocycles. The number of carboxylic acid groups (broad SMARTS) is 1. The number of hydrogen-bond acceptors (Lipinski definition) is 1. The number of hydrogen-bond donors (Lipinski definition) is 1. The van der Waals surface area contributed by atoms with E-state index in [1.54, 1.807) is 0 Å². The molecule has 1 N–H and O–H groups in total. The van der Waals surface area contributed by atoms with Gasteiger partial charge in [-0.25, -0.2) is 0 Å². The van der Waals surface area contributed by atoms with Gasteiger partial charge in [-0.1, -0.05) is 69.9 Å². The van der Waals surface area contributed by atoms with Crippen LogP contribution in [0.15, 0.2) is 30.3 Å². The fraction of sp³-hybridized carbons (Fsp3) is 0.588. The molecule has 0 saturated carbocycles. The number of carboxylic acids is 1. The van der Waals surface area contributed by atoms with Crippen molar-refractivity contribution in [3.8, 4) is 0 Å². The van der Waals surface area contributed by atoms with Crippen LogP contribution >= 0.6 is 0 Å². The Morgan fingerprint density at radius 2 is 1.84 bits per heavy atom. The number of benzene rings is 1. The Morgan fingerprint density at radius 1 is 1.16 bits per heavy atom. The highest BCUT2D eigenvalue weighted by Crippen LogP contribution is 2.32. The van der Waals surface area contributed by atoms with Gasteiger partial charge in [0.25, 0.3) is 0 Å². The molecule has 0 aliphatic rings. The maximum atomic E-state index is 10.8. The molecule has 0 spiro atoms. The van der Waals surface area contributed by atoms with Crippen molar-refractivity contribution in [1.82, 2.24) is 0 Å². The molecule has 1 aromatic rings. The third kappa shape index (κ3) is 5.91. The van der Waals surface area contributed by atoms with Crippen LogP contribution in [0.1, 0.15) is 63.9 Å². The molecule has 19 heavy (non-hydrogen) atoms. The molecule has 0 bridgehead atoms. The van der Waals surface area contributed by atoms with Crippen molar-refractivity contribution in [1.29, 1.82) is 0 Å². The average molecular weight is 262 g/mol. The molecule has 2 heteroatoms. The maximum Gasteiger partial charge on any atom is 0.303 e. The fourth-order valence-corrected chi connectivity index (χ4v) is 2.68. The molecule has 0 radical (unpaired) electrons. The van der Waals surface area contributed by atoms with Crippen LogP contribution in [0, 0.1) is 5.92 Å². The van der Waals surface area contributed by atoms with Gasteiger partial charge in [-0.05, 0) is 23.8 Å². The van der Waals surface area contributed by atoms with Gasteiger partial charge in [-0.15, -0.1) is 0 Å². The average Bonchev–Trinajstić information content (AvgIpc) is 2.40. The standard InChI is InChI=1S/C17H26O2/c1-3-4-6-9-14(2)16(12-13-17(18)19)15-10-7-5-8-11-15/h5,7-8,10-11,14,16H,3-4,6,9,12-13H2,1-2H3,(H,18,19). The lowest BCUT2D eigenvalue weighted by Gasteiger charge is -2.24. The third-order valence-corrected chi connectivity index (χ3v) is 3.85. The number of unbranched alkanes of at least 4 members (excludes halogenated alkanes) is 2. The van der Waals surface area contributed by atoms with Crippen LogP contribution < -0.4 is 0 Å². The number of carbonyl (C=O) groups is 1. The van der Waals surface area contributed by atoms with E-state index in [0.29, 0.717) is 11.8 Å². The van der Waals surface area contributed by atoms with E-state index in [1.165, 1.54) is 31.2 Å². The first-order chi connectivity index (χ1) is 9.15. The highest BCUT2D eigenvalue weighted by molar-refractivity contribution is 5.66. The molecule has 0 aliphatic heterocycles. The fourth-order valence-electron chi connectivity index (χ4n) is 2.68. The van der Waals surface area contributed by atoms with Gasteiger partial charge in [0.15, 0.2) is 0 Å². The second-order valence-corrected chi connectivity index (χ2v) is 5.42. The van der Waals surface area contributed by atoms with E-state index in [-0.39, 0.29) is 6.42 Å². The van der Waals surface area contributed by atoms with Crippen molar-refractivity contribution in [2.75, 3.05) is 0 Å². The van der Waals surface area contributed by atoms with Gasteiger partial charge in [0.05, 0.1) is 0 Å². The molecule has 1 aromatic carbocycles. The molecular weight excluding hydrogens is 236 g/mol. The van der Waals surface area contributed by atoms with Crippen molar-refractivity contribution < 1.29 is 9.90 Å². The van der Waals surface area contributed by atoms with E-state index in [0.717, 1.165) is 6.42 Å². The molecule has 0 aliphatic carbocycles. The van der Waals surface area contributed by atoms with Gasteiger partial charge in [0.2, 0.25) is 0 Å². The summed E-state index contributed by atoms with van der Waals surface area (Å²) >= 11 is 0. The Kier molecular flexibility index (Phi) is 7.24. The number of rotatable bonds is 9. The molecule has 2 unspecified atom stereocenters. The molecule has 0 saturated heterocycles. The zero-order valence-electron chi connectivity index (χ0n) is 12.1. The van der Waals surface area contributed by atoms with Crippen molar-refractivity contribution in [2.24, 2.45) is 5.92 Å². The van der Waals surface area contributed by atoms with Crippen LogP contribution in [0.3, 0.4) is 0 Å². The molecule has 2 nitrogen and oxygen atoms in total. The van der Waals surface area contributed by atoms with E-state index < -0.39 is 5.97 Å². The van der Waals surface area contributed by atoms with Crippen molar-refractivity contribution in [3.63, 3.8) is 0 Å². The van der Waals surface area contributed by atoms with E-state index >= 15 is 0 Å². The highest BCUT2D eigenvalue weighted by Gasteiger charge is 2.19. The van der Waals surface area contributed by atoms with Crippen LogP contribution in [0.2, 0.25) is 0 Å². The van der Waals surface area contributed by atoms with E-state index in [9.17, 15) is 4.79 Å². The molecule has 0 aromatic heterocycles. The zero-order valence-corrected chi connectivity index (χ0v) is 12.1. The second kappa shape index (κ2) is 8.73. The first-order valence-corrected chi connectivity index (χ1v) is 7.41. The Morgan fingerprint density at radius 3 is 2.42 bits per heavy atom. The predicted molar refractivity (Wildman–Crippen MR) is 79.4 cm³/mol. The summed E-state index contributed by atoms with van der Waals surface area (Å²) in [6.45, 7) is 4.47. The van der Waals surface area contributed by atoms with Gasteiger partial charge >= 0.3 is 5.97 Å². The molecule has 2 atom stereocenters. The topological polar surface area (TPSA) is 37.3 Å². The highest BCUT2D eigenvalue weighted by atomic mass is 16.4. The maximum absolute atomic E-state index is 10.8. The molecule has 0 amide bonds. The van der Waals surface area contributed by atoms with Crippen LogP contribution in [0.5, 0.6) is 0 Å². The summed E-state index contributed by atoms with van der Waals surface area (Å²) in [5, 5.41) is 8.91. The van der Waals surface area contributed by atoms with Gasteiger partial charge in [-0.3, -0.25) is 4.79 Å². The van der Waals surface area contributed by atoms with E-state index in [4.69, 9.17) is 5.11 Å². The van der Waals surface area contributed by atoms with E-state index in [1.807, 2.05) is 18.2 Å². The van der Waals surface area contributed by atoms with Gasteiger partial charge in [0, 0.05) is 6.42 Å². The third-order valence-electron chi connectivity index (χ3n) is 3.85. The summed E-state index contributed by atoms with van der Waals surface area (Å²) in [5.41, 5.74) is 1.28. The van der Waals surface area contributed by atoms with E-state index in [2.05, 4.69) is 26.0 Å². The summed E-state index contributed by atoms with van der Waals surface area (Å²) in [5.74, 6) is 0.226. The van der Waals surface area contributed by atoms with Crippen LogP contribution in [-0.4, -0.2) is 11.1 Å². The Bertz CT molecular complexity index is 359. The zero-order chi connectivity index (χ0) is 14.1. The molecule has 0 fully saturated rings. The lowest BCUT2D eigenvalue weighted by atomic mass is 9.81. The minimum absolute atomic E-state index is 0.262. The largest absolute Gasteiger partial charge is 0.481 e. The molecular formula is C17H26O2. The monoisotopic (exact) mass is 262 g/mol.